The number of aryl methyl sites for hydroxylation is 2. The van der Waals surface area contributed by atoms with Gasteiger partial charge in [0, 0.05) is 22.2 Å². The molecule has 0 fully saturated rings. The predicted molar refractivity (Wildman–Crippen MR) is 116 cm³/mol. The van der Waals surface area contributed by atoms with Crippen molar-refractivity contribution in [3.05, 3.63) is 55.6 Å². The van der Waals surface area contributed by atoms with E-state index >= 15 is 0 Å². The molecule has 0 atom stereocenters. The lowest BCUT2D eigenvalue weighted by Gasteiger charge is -2.15. The van der Waals surface area contributed by atoms with E-state index in [1.54, 1.807) is 23.1 Å². The maximum atomic E-state index is 13.4. The maximum absolute atomic E-state index is 13.4. The first-order valence-electron chi connectivity index (χ1n) is 9.45. The monoisotopic (exact) mass is 418 g/mol. The van der Waals surface area contributed by atoms with Crippen LogP contribution >= 0.6 is 34.7 Å². The third kappa shape index (κ3) is 3.96. The number of aromatic nitrogens is 2. The van der Waals surface area contributed by atoms with E-state index in [0.29, 0.717) is 12.5 Å². The molecule has 0 amide bonds. The maximum Gasteiger partial charge on any atom is 0.263 e. The van der Waals surface area contributed by atoms with Crippen molar-refractivity contribution >= 4 is 44.9 Å². The highest BCUT2D eigenvalue weighted by Crippen LogP contribution is 2.35. The van der Waals surface area contributed by atoms with Gasteiger partial charge in [-0.1, -0.05) is 49.3 Å². The minimum Gasteiger partial charge on any atom is -0.287 e. The molecule has 0 radical (unpaired) electrons. The molecule has 4 rings (SSSR count). The van der Waals surface area contributed by atoms with Gasteiger partial charge in [-0.3, -0.25) is 9.36 Å². The first-order valence-corrected chi connectivity index (χ1v) is 11.6. The minimum absolute atomic E-state index is 0.145. The highest BCUT2D eigenvalue weighted by Gasteiger charge is 2.22. The molecule has 1 aromatic carbocycles. The Kier molecular flexibility index (Phi) is 5.62. The molecule has 3 aromatic rings. The van der Waals surface area contributed by atoms with E-state index < -0.39 is 0 Å². The van der Waals surface area contributed by atoms with Crippen molar-refractivity contribution in [1.82, 2.24) is 9.55 Å². The lowest BCUT2D eigenvalue weighted by molar-refractivity contribution is 0.475. The molecule has 0 bridgehead atoms. The van der Waals surface area contributed by atoms with Crippen LogP contribution in [0.25, 0.3) is 10.2 Å². The molecule has 2 heterocycles. The van der Waals surface area contributed by atoms with Gasteiger partial charge in [-0.2, -0.15) is 0 Å². The summed E-state index contributed by atoms with van der Waals surface area (Å²) in [5.41, 5.74) is 2.59. The third-order valence-corrected chi connectivity index (χ3v) is 7.35. The van der Waals surface area contributed by atoms with Gasteiger partial charge >= 0.3 is 0 Å². The van der Waals surface area contributed by atoms with Gasteiger partial charge in [0.1, 0.15) is 4.83 Å². The van der Waals surface area contributed by atoms with Gasteiger partial charge in [0.2, 0.25) is 0 Å². The summed E-state index contributed by atoms with van der Waals surface area (Å²) in [6.07, 6.45) is 4.51. The Morgan fingerprint density at radius 1 is 1.22 bits per heavy atom. The van der Waals surface area contributed by atoms with Gasteiger partial charge in [0.25, 0.3) is 5.56 Å². The first-order chi connectivity index (χ1) is 13.0. The molecule has 0 saturated heterocycles. The Bertz CT molecular complexity index is 1020. The second kappa shape index (κ2) is 7.98. The van der Waals surface area contributed by atoms with Crippen LogP contribution in [-0.4, -0.2) is 9.55 Å². The minimum atomic E-state index is 0.145. The molecule has 0 saturated carbocycles. The van der Waals surface area contributed by atoms with E-state index in [-0.39, 0.29) is 5.56 Å². The fourth-order valence-corrected chi connectivity index (χ4v) is 5.98. The molecular weight excluding hydrogens is 396 g/mol. The number of hydrogen-bond donors (Lipinski definition) is 0. The number of thiophene rings is 1. The van der Waals surface area contributed by atoms with Crippen LogP contribution in [0.5, 0.6) is 0 Å². The Hall–Kier alpha value is -1.30. The van der Waals surface area contributed by atoms with Crippen molar-refractivity contribution in [2.75, 3.05) is 0 Å². The van der Waals surface area contributed by atoms with Gasteiger partial charge in [-0.05, 0) is 54.9 Å². The van der Waals surface area contributed by atoms with Gasteiger partial charge in [-0.15, -0.1) is 11.3 Å². The fourth-order valence-electron chi connectivity index (χ4n) is 3.58. The largest absolute Gasteiger partial charge is 0.287 e. The van der Waals surface area contributed by atoms with E-state index in [9.17, 15) is 4.79 Å². The molecule has 1 aliphatic rings. The molecule has 0 aliphatic heterocycles. The normalized spacial score (nSPS) is 14.1. The summed E-state index contributed by atoms with van der Waals surface area (Å²) in [5, 5.41) is 2.45. The van der Waals surface area contributed by atoms with E-state index in [4.69, 9.17) is 16.6 Å². The molecule has 0 unspecified atom stereocenters. The summed E-state index contributed by atoms with van der Waals surface area (Å²) < 4.78 is 1.90. The van der Waals surface area contributed by atoms with Crippen LogP contribution in [0, 0.1) is 5.92 Å². The Balaban J connectivity index is 1.75. The topological polar surface area (TPSA) is 34.9 Å². The highest BCUT2D eigenvalue weighted by molar-refractivity contribution is 7.98. The summed E-state index contributed by atoms with van der Waals surface area (Å²) in [6.45, 7) is 5.00. The van der Waals surface area contributed by atoms with Crippen molar-refractivity contribution in [3.63, 3.8) is 0 Å². The molecule has 6 heteroatoms. The van der Waals surface area contributed by atoms with Gasteiger partial charge in [0.05, 0.1) is 5.39 Å². The molecule has 3 nitrogen and oxygen atoms in total. The molecule has 0 spiro atoms. The van der Waals surface area contributed by atoms with Crippen molar-refractivity contribution in [2.45, 2.75) is 57.0 Å². The number of rotatable bonds is 5. The second-order valence-corrected chi connectivity index (χ2v) is 9.97. The highest BCUT2D eigenvalue weighted by atomic mass is 35.5. The van der Waals surface area contributed by atoms with E-state index in [0.717, 1.165) is 39.0 Å². The van der Waals surface area contributed by atoms with Gasteiger partial charge < -0.3 is 0 Å². The Morgan fingerprint density at radius 3 is 2.70 bits per heavy atom. The van der Waals surface area contributed by atoms with E-state index in [1.807, 2.05) is 28.8 Å². The third-order valence-electron chi connectivity index (χ3n) is 4.87. The predicted octanol–water partition coefficient (Wildman–Crippen LogP) is 5.94. The van der Waals surface area contributed by atoms with Crippen LogP contribution in [0.15, 0.2) is 34.2 Å². The average molecular weight is 419 g/mol. The van der Waals surface area contributed by atoms with Gasteiger partial charge in [-0.25, -0.2) is 4.98 Å². The number of thioether (sulfide) groups is 1. The Morgan fingerprint density at radius 2 is 1.96 bits per heavy atom. The summed E-state index contributed by atoms with van der Waals surface area (Å²) in [4.78, 5) is 20.6. The molecule has 27 heavy (non-hydrogen) atoms. The first kappa shape index (κ1) is 19.0. The summed E-state index contributed by atoms with van der Waals surface area (Å²) in [7, 11) is 0. The quantitative estimate of drug-likeness (QED) is 0.380. The molecular formula is C21H23ClN2OS2. The second-order valence-electron chi connectivity index (χ2n) is 7.51. The molecule has 0 N–H and O–H groups in total. The average Bonchev–Trinajstić information content (AvgIpc) is 3.02. The standard InChI is InChI=1S/C21H23ClN2OS2/c1-13(2)11-24-20(25)18-16-5-3-4-6-17(16)27-19(18)23-21(24)26-12-14-7-9-15(22)10-8-14/h7-10,13H,3-6,11-12H2,1-2H3. The smallest absolute Gasteiger partial charge is 0.263 e. The molecule has 142 valence electrons. The van der Waals surface area contributed by atoms with Crippen LogP contribution in [0.3, 0.4) is 0 Å². The van der Waals surface area contributed by atoms with E-state index in [2.05, 4.69) is 13.8 Å². The number of halogens is 1. The SMILES string of the molecule is CC(C)Cn1c(SCc2ccc(Cl)cc2)nc2sc3c(c2c1=O)CCCC3. The van der Waals surface area contributed by atoms with Crippen molar-refractivity contribution in [1.29, 1.82) is 0 Å². The molecule has 2 aromatic heterocycles. The zero-order valence-corrected chi connectivity index (χ0v) is 18.0. The van der Waals surface area contributed by atoms with Crippen LogP contribution in [-0.2, 0) is 25.1 Å². The van der Waals surface area contributed by atoms with Crippen molar-refractivity contribution < 1.29 is 0 Å². The van der Waals surface area contributed by atoms with Crippen LogP contribution < -0.4 is 5.56 Å². The van der Waals surface area contributed by atoms with Crippen LogP contribution in [0.4, 0.5) is 0 Å². The number of fused-ring (bicyclic) bond motifs is 3. The van der Waals surface area contributed by atoms with Crippen molar-refractivity contribution in [3.8, 4) is 0 Å². The van der Waals surface area contributed by atoms with Crippen LogP contribution in [0.2, 0.25) is 5.02 Å². The lowest BCUT2D eigenvalue weighted by Crippen LogP contribution is -2.25. The van der Waals surface area contributed by atoms with Crippen molar-refractivity contribution in [2.24, 2.45) is 5.92 Å². The summed E-state index contributed by atoms with van der Waals surface area (Å²) >= 11 is 9.35. The lowest BCUT2D eigenvalue weighted by atomic mass is 9.97. The zero-order chi connectivity index (χ0) is 19.0. The zero-order valence-electron chi connectivity index (χ0n) is 15.6. The van der Waals surface area contributed by atoms with Gasteiger partial charge in [0.15, 0.2) is 5.16 Å². The van der Waals surface area contributed by atoms with E-state index in [1.165, 1.54) is 28.8 Å². The number of nitrogens with zero attached hydrogens (tertiary/aromatic N) is 2. The summed E-state index contributed by atoms with van der Waals surface area (Å²) in [5.74, 6) is 1.17. The van der Waals surface area contributed by atoms with Crippen LogP contribution in [0.1, 0.15) is 42.7 Å². The summed E-state index contributed by atoms with van der Waals surface area (Å²) in [6, 6.07) is 7.87. The number of benzene rings is 1. The Labute approximate surface area is 172 Å². The fraction of sp³-hybridized carbons (Fsp3) is 0.429. The number of hydrogen-bond acceptors (Lipinski definition) is 4. The molecule has 1 aliphatic carbocycles.